The first-order valence-electron chi connectivity index (χ1n) is 2.84. The van der Waals surface area contributed by atoms with Crippen LogP contribution in [0.4, 0.5) is 4.39 Å². The molecule has 0 spiro atoms. The van der Waals surface area contributed by atoms with E-state index in [1.165, 1.54) is 19.2 Å². The van der Waals surface area contributed by atoms with Gasteiger partial charge in [-0.1, -0.05) is 0 Å². The molecule has 0 bridgehead atoms. The number of thiazole rings is 1. The zero-order valence-electron chi connectivity index (χ0n) is 5.76. The number of rotatable bonds is 1. The van der Waals surface area contributed by atoms with Crippen molar-refractivity contribution in [3.05, 3.63) is 10.4 Å². The van der Waals surface area contributed by atoms with Gasteiger partial charge < -0.3 is 5.11 Å². The topological polar surface area (TPSA) is 33.1 Å². The molecule has 0 radical (unpaired) electrons. The van der Waals surface area contributed by atoms with Gasteiger partial charge in [-0.05, 0) is 13.8 Å². The minimum absolute atomic E-state index is 0.106. The van der Waals surface area contributed by atoms with E-state index in [-0.39, 0.29) is 5.88 Å². The van der Waals surface area contributed by atoms with Crippen molar-refractivity contribution in [2.45, 2.75) is 19.5 Å². The van der Waals surface area contributed by atoms with Crippen molar-refractivity contribution in [2.24, 2.45) is 0 Å². The zero-order valence-corrected chi connectivity index (χ0v) is 6.57. The van der Waals surface area contributed by atoms with Crippen molar-refractivity contribution in [1.29, 1.82) is 0 Å². The van der Waals surface area contributed by atoms with Gasteiger partial charge in [-0.2, -0.15) is 0 Å². The van der Waals surface area contributed by atoms with Crippen LogP contribution in [0.3, 0.4) is 0 Å². The SMILES string of the molecule is CC(C)(F)c1nc(O)cs1. The quantitative estimate of drug-likeness (QED) is 0.683. The standard InChI is InChI=1S/C6H8FNOS/c1-6(2,7)5-8-4(9)3-10-5/h3,9H,1-2H3. The summed E-state index contributed by atoms with van der Waals surface area (Å²) in [5, 5.41) is 10.5. The van der Waals surface area contributed by atoms with Crippen molar-refractivity contribution >= 4 is 11.3 Å². The predicted molar refractivity (Wildman–Crippen MR) is 37.9 cm³/mol. The smallest absolute Gasteiger partial charge is 0.222 e. The van der Waals surface area contributed by atoms with Gasteiger partial charge in [0.25, 0.3) is 0 Å². The highest BCUT2D eigenvalue weighted by Crippen LogP contribution is 2.29. The fourth-order valence-electron chi connectivity index (χ4n) is 0.538. The van der Waals surface area contributed by atoms with Crippen LogP contribution in [0.2, 0.25) is 0 Å². The molecule has 1 heterocycles. The Kier molecular flexibility index (Phi) is 1.64. The summed E-state index contributed by atoms with van der Waals surface area (Å²) in [5.41, 5.74) is -1.44. The van der Waals surface area contributed by atoms with Gasteiger partial charge in [-0.3, -0.25) is 0 Å². The van der Waals surface area contributed by atoms with Gasteiger partial charge in [0, 0.05) is 0 Å². The summed E-state index contributed by atoms with van der Waals surface area (Å²) in [5.74, 6) is -0.106. The fraction of sp³-hybridized carbons (Fsp3) is 0.500. The number of alkyl halides is 1. The Bertz CT molecular complexity index is 228. The lowest BCUT2D eigenvalue weighted by Crippen LogP contribution is -2.07. The molecule has 0 amide bonds. The molecule has 0 saturated heterocycles. The number of hydrogen-bond acceptors (Lipinski definition) is 3. The van der Waals surface area contributed by atoms with E-state index in [1.807, 2.05) is 0 Å². The van der Waals surface area contributed by atoms with E-state index in [0.717, 1.165) is 11.3 Å². The maximum atomic E-state index is 13.0. The van der Waals surface area contributed by atoms with Gasteiger partial charge in [0.05, 0.1) is 5.38 Å². The van der Waals surface area contributed by atoms with Crippen LogP contribution in [0.25, 0.3) is 0 Å². The van der Waals surface area contributed by atoms with E-state index in [0.29, 0.717) is 5.01 Å². The monoisotopic (exact) mass is 161 g/mol. The normalized spacial score (nSPS) is 11.9. The summed E-state index contributed by atoms with van der Waals surface area (Å²) in [6.45, 7) is 2.82. The van der Waals surface area contributed by atoms with E-state index in [1.54, 1.807) is 0 Å². The Morgan fingerprint density at radius 3 is 2.50 bits per heavy atom. The van der Waals surface area contributed by atoms with Gasteiger partial charge >= 0.3 is 0 Å². The van der Waals surface area contributed by atoms with Crippen molar-refractivity contribution < 1.29 is 9.50 Å². The summed E-state index contributed by atoms with van der Waals surface area (Å²) >= 11 is 1.12. The second-order valence-electron chi connectivity index (χ2n) is 2.48. The Labute approximate surface area is 62.3 Å². The van der Waals surface area contributed by atoms with E-state index in [2.05, 4.69) is 4.98 Å². The molecule has 56 valence electrons. The number of nitrogens with zero attached hydrogens (tertiary/aromatic N) is 1. The molecule has 2 nitrogen and oxygen atoms in total. The predicted octanol–water partition coefficient (Wildman–Crippen LogP) is 2.05. The molecular weight excluding hydrogens is 153 g/mol. The van der Waals surface area contributed by atoms with E-state index < -0.39 is 5.67 Å². The minimum Gasteiger partial charge on any atom is -0.493 e. The molecule has 1 rings (SSSR count). The number of aromatic hydroxyl groups is 1. The fourth-order valence-corrected chi connectivity index (χ4v) is 1.23. The Morgan fingerprint density at radius 1 is 1.70 bits per heavy atom. The lowest BCUT2D eigenvalue weighted by molar-refractivity contribution is 0.219. The summed E-state index contributed by atoms with van der Waals surface area (Å²) in [6, 6.07) is 0. The molecule has 0 aliphatic carbocycles. The molecule has 1 aromatic rings. The first-order chi connectivity index (χ1) is 4.50. The lowest BCUT2D eigenvalue weighted by Gasteiger charge is -2.07. The van der Waals surface area contributed by atoms with Crippen LogP contribution >= 0.6 is 11.3 Å². The summed E-state index contributed by atoms with van der Waals surface area (Å²) < 4.78 is 13.0. The van der Waals surface area contributed by atoms with Crippen LogP contribution < -0.4 is 0 Å². The molecule has 0 saturated carbocycles. The second-order valence-corrected chi connectivity index (χ2v) is 3.34. The summed E-state index contributed by atoms with van der Waals surface area (Å²) in [7, 11) is 0. The van der Waals surface area contributed by atoms with Crippen molar-refractivity contribution in [1.82, 2.24) is 4.98 Å². The first-order valence-corrected chi connectivity index (χ1v) is 3.72. The van der Waals surface area contributed by atoms with Gasteiger partial charge in [-0.15, -0.1) is 11.3 Å². The highest BCUT2D eigenvalue weighted by Gasteiger charge is 2.22. The molecule has 1 aromatic heterocycles. The summed E-state index contributed by atoms with van der Waals surface area (Å²) in [4.78, 5) is 3.58. The minimum atomic E-state index is -1.44. The van der Waals surface area contributed by atoms with Crippen LogP contribution in [-0.4, -0.2) is 10.1 Å². The molecule has 10 heavy (non-hydrogen) atoms. The molecule has 0 unspecified atom stereocenters. The van der Waals surface area contributed by atoms with Crippen LogP contribution in [0.5, 0.6) is 5.88 Å². The zero-order chi connectivity index (χ0) is 7.78. The third-order valence-corrected chi connectivity index (χ3v) is 2.13. The molecule has 0 aromatic carbocycles. The lowest BCUT2D eigenvalue weighted by atomic mass is 10.2. The van der Waals surface area contributed by atoms with Crippen molar-refractivity contribution in [3.63, 3.8) is 0 Å². The Morgan fingerprint density at radius 2 is 2.30 bits per heavy atom. The van der Waals surface area contributed by atoms with Crippen LogP contribution in [0.1, 0.15) is 18.9 Å². The molecule has 4 heteroatoms. The largest absolute Gasteiger partial charge is 0.493 e. The van der Waals surface area contributed by atoms with Crippen molar-refractivity contribution in [3.8, 4) is 5.88 Å². The highest BCUT2D eigenvalue weighted by atomic mass is 32.1. The number of aromatic nitrogens is 1. The molecular formula is C6H8FNOS. The van der Waals surface area contributed by atoms with Gasteiger partial charge in [0.15, 0.2) is 5.67 Å². The maximum Gasteiger partial charge on any atom is 0.222 e. The molecule has 1 N–H and O–H groups in total. The van der Waals surface area contributed by atoms with Crippen LogP contribution in [-0.2, 0) is 5.67 Å². The van der Waals surface area contributed by atoms with Gasteiger partial charge in [0.1, 0.15) is 5.01 Å². The van der Waals surface area contributed by atoms with E-state index in [4.69, 9.17) is 5.11 Å². The van der Waals surface area contributed by atoms with Crippen LogP contribution in [0.15, 0.2) is 5.38 Å². The molecule has 0 aliphatic rings. The first kappa shape index (κ1) is 7.47. The van der Waals surface area contributed by atoms with Gasteiger partial charge in [0.2, 0.25) is 5.88 Å². The van der Waals surface area contributed by atoms with E-state index in [9.17, 15) is 4.39 Å². The number of hydrogen-bond donors (Lipinski definition) is 1. The van der Waals surface area contributed by atoms with Crippen LogP contribution in [0, 0.1) is 0 Å². The third kappa shape index (κ3) is 1.44. The Hall–Kier alpha value is -0.640. The van der Waals surface area contributed by atoms with Gasteiger partial charge in [-0.25, -0.2) is 9.37 Å². The maximum absolute atomic E-state index is 13.0. The molecule has 0 fully saturated rings. The highest BCUT2D eigenvalue weighted by molar-refractivity contribution is 7.09. The molecule has 0 atom stereocenters. The molecule has 0 aliphatic heterocycles. The Balaban J connectivity index is 2.96. The van der Waals surface area contributed by atoms with E-state index >= 15 is 0 Å². The number of halogens is 1. The second kappa shape index (κ2) is 2.20. The average molecular weight is 161 g/mol. The average Bonchev–Trinajstić information content (AvgIpc) is 2.11. The third-order valence-electron chi connectivity index (χ3n) is 1.00. The summed E-state index contributed by atoms with van der Waals surface area (Å²) in [6.07, 6.45) is 0. The van der Waals surface area contributed by atoms with Crippen molar-refractivity contribution in [2.75, 3.05) is 0 Å².